The lowest BCUT2D eigenvalue weighted by molar-refractivity contribution is -0.159. The summed E-state index contributed by atoms with van der Waals surface area (Å²) in [5.41, 5.74) is -1.23. The summed E-state index contributed by atoms with van der Waals surface area (Å²) in [5, 5.41) is -0.664. The van der Waals surface area contributed by atoms with Crippen LogP contribution in [0.4, 0.5) is 9.18 Å². The topological polar surface area (TPSA) is 177 Å². The number of carbonyl (C=O) groups excluding carboxylic acids is 6. The summed E-state index contributed by atoms with van der Waals surface area (Å²) in [4.78, 5) is 87.1. The SMILES string of the molecule is C=CC(=O)N(C)C1CCC/C=C\[C@@H]2C[C@@]2(C(=O)NS(=O)(=O)C2CC2)CC(=O)[C@@H]2CC(OC(=O)N3Cc4cccc(F)c4C3)CN2C(=O)[C@@H](CC(=O)OC(C)(C)C)C1. The molecule has 0 bridgehead atoms. The third kappa shape index (κ3) is 9.58. The lowest BCUT2D eigenvalue weighted by atomic mass is 9.89. The first-order chi connectivity index (χ1) is 26.8. The first-order valence-corrected chi connectivity index (χ1v) is 21.3. The van der Waals surface area contributed by atoms with Crippen LogP contribution in [-0.2, 0) is 56.6 Å². The molecule has 2 aliphatic carbocycles. The third-order valence-corrected chi connectivity index (χ3v) is 13.5. The van der Waals surface area contributed by atoms with Crippen LogP contribution in [0, 0.1) is 23.1 Å². The summed E-state index contributed by atoms with van der Waals surface area (Å²) in [7, 11) is -2.34. The van der Waals surface area contributed by atoms with Crippen molar-refractivity contribution in [1.82, 2.24) is 19.4 Å². The minimum atomic E-state index is -3.93. The van der Waals surface area contributed by atoms with Crippen molar-refractivity contribution >= 4 is 45.6 Å². The van der Waals surface area contributed by atoms with Gasteiger partial charge in [-0.15, -0.1) is 0 Å². The number of fused-ring (bicyclic) bond motifs is 3. The molecule has 0 aromatic heterocycles. The van der Waals surface area contributed by atoms with E-state index in [1.54, 1.807) is 40.0 Å². The fraction of sp³-hybridized carbons (Fsp3) is 0.610. The van der Waals surface area contributed by atoms with Crippen molar-refractivity contribution in [3.8, 4) is 0 Å². The number of amides is 4. The highest BCUT2D eigenvalue weighted by Gasteiger charge is 2.61. The largest absolute Gasteiger partial charge is 0.460 e. The van der Waals surface area contributed by atoms with Gasteiger partial charge in [0.1, 0.15) is 17.5 Å². The Morgan fingerprint density at radius 3 is 2.51 bits per heavy atom. The van der Waals surface area contributed by atoms with Gasteiger partial charge >= 0.3 is 12.1 Å². The van der Waals surface area contributed by atoms with Gasteiger partial charge in [0, 0.05) is 38.0 Å². The second-order valence-electron chi connectivity index (χ2n) is 17.2. The van der Waals surface area contributed by atoms with Crippen molar-refractivity contribution in [2.75, 3.05) is 13.6 Å². The summed E-state index contributed by atoms with van der Waals surface area (Å²) in [6.07, 6.45) is 4.96. The van der Waals surface area contributed by atoms with Crippen LogP contribution in [0.25, 0.3) is 0 Å². The molecule has 310 valence electrons. The van der Waals surface area contributed by atoms with E-state index in [2.05, 4.69) is 11.3 Å². The monoisotopic (exact) mass is 812 g/mol. The summed E-state index contributed by atoms with van der Waals surface area (Å²) in [5.74, 6) is -4.87. The van der Waals surface area contributed by atoms with Crippen LogP contribution >= 0.6 is 0 Å². The molecule has 14 nitrogen and oxygen atoms in total. The zero-order valence-electron chi connectivity index (χ0n) is 33.0. The molecule has 2 unspecified atom stereocenters. The highest BCUT2D eigenvalue weighted by Crippen LogP contribution is 2.57. The number of carbonyl (C=O) groups is 6. The molecule has 0 radical (unpaired) electrons. The number of nitrogens with zero attached hydrogens (tertiary/aromatic N) is 3. The molecular formula is C41H53FN4O10S. The maximum atomic E-state index is 14.8. The number of Topliss-reactive ketones (excluding diaryl/α,β-unsaturated/α-hetero) is 1. The van der Waals surface area contributed by atoms with E-state index in [1.807, 2.05) is 12.2 Å². The summed E-state index contributed by atoms with van der Waals surface area (Å²) in [6.45, 7) is 8.57. The Morgan fingerprint density at radius 1 is 1.11 bits per heavy atom. The van der Waals surface area contributed by atoms with E-state index in [4.69, 9.17) is 9.47 Å². The number of rotatable bonds is 8. The number of benzene rings is 1. The van der Waals surface area contributed by atoms with Crippen molar-refractivity contribution in [1.29, 1.82) is 0 Å². The average Bonchev–Trinajstić information content (AvgIpc) is 4.02. The number of hydrogen-bond acceptors (Lipinski definition) is 10. The summed E-state index contributed by atoms with van der Waals surface area (Å²) in [6, 6.07) is 2.86. The van der Waals surface area contributed by atoms with Gasteiger partial charge in [0.25, 0.3) is 0 Å². The molecule has 1 N–H and O–H groups in total. The molecule has 3 aliphatic heterocycles. The molecule has 2 saturated carbocycles. The molecule has 3 fully saturated rings. The smallest absolute Gasteiger partial charge is 0.410 e. The number of sulfonamides is 1. The van der Waals surface area contributed by atoms with Gasteiger partial charge in [-0.3, -0.25) is 33.6 Å². The molecule has 0 spiro atoms. The molecule has 4 amide bonds. The van der Waals surface area contributed by atoms with Crippen LogP contribution in [0.3, 0.4) is 0 Å². The maximum absolute atomic E-state index is 14.8. The number of allylic oxidation sites excluding steroid dienone is 2. The van der Waals surface area contributed by atoms with E-state index in [-0.39, 0.29) is 57.6 Å². The molecule has 1 aromatic rings. The average molecular weight is 813 g/mol. The number of ether oxygens (including phenoxy) is 2. The van der Waals surface area contributed by atoms with Gasteiger partial charge in [0.2, 0.25) is 27.7 Å². The quantitative estimate of drug-likeness (QED) is 0.226. The van der Waals surface area contributed by atoms with E-state index in [9.17, 15) is 41.6 Å². The molecule has 1 aromatic carbocycles. The van der Waals surface area contributed by atoms with E-state index in [0.29, 0.717) is 43.2 Å². The molecule has 16 heteroatoms. The summed E-state index contributed by atoms with van der Waals surface area (Å²) < 4.78 is 54.1. The van der Waals surface area contributed by atoms with Crippen molar-refractivity contribution < 1.29 is 51.0 Å². The van der Waals surface area contributed by atoms with Crippen molar-refractivity contribution in [3.63, 3.8) is 0 Å². The van der Waals surface area contributed by atoms with Crippen LogP contribution < -0.4 is 4.72 Å². The number of esters is 1. The number of halogens is 1. The Kier molecular flexibility index (Phi) is 12.0. The second kappa shape index (κ2) is 16.3. The maximum Gasteiger partial charge on any atom is 0.410 e. The van der Waals surface area contributed by atoms with Crippen molar-refractivity contribution in [2.45, 2.75) is 127 Å². The Balaban J connectivity index is 1.32. The van der Waals surface area contributed by atoms with Gasteiger partial charge in [-0.05, 0) is 89.3 Å². The zero-order valence-corrected chi connectivity index (χ0v) is 33.9. The van der Waals surface area contributed by atoms with Crippen molar-refractivity contribution in [2.24, 2.45) is 17.3 Å². The minimum absolute atomic E-state index is 0.0227. The van der Waals surface area contributed by atoms with Gasteiger partial charge < -0.3 is 19.3 Å². The van der Waals surface area contributed by atoms with Crippen LogP contribution in [-0.4, -0.2) is 101 Å². The highest BCUT2D eigenvalue weighted by atomic mass is 32.2. The number of likely N-dealkylation sites (N-methyl/N-ethyl adjacent to an activating group) is 1. The number of ketones is 1. The molecule has 6 rings (SSSR count). The van der Waals surface area contributed by atoms with Crippen LogP contribution in [0.2, 0.25) is 0 Å². The lowest BCUT2D eigenvalue weighted by Crippen LogP contribution is -2.48. The lowest BCUT2D eigenvalue weighted by Gasteiger charge is -2.33. The Morgan fingerprint density at radius 2 is 1.84 bits per heavy atom. The van der Waals surface area contributed by atoms with E-state index in [1.165, 1.54) is 26.8 Å². The fourth-order valence-corrected chi connectivity index (χ4v) is 9.74. The van der Waals surface area contributed by atoms with Crippen LogP contribution in [0.5, 0.6) is 0 Å². The van der Waals surface area contributed by atoms with Crippen LogP contribution in [0.1, 0.15) is 96.1 Å². The first kappa shape index (κ1) is 42.0. The van der Waals surface area contributed by atoms with Gasteiger partial charge in [-0.25, -0.2) is 17.6 Å². The third-order valence-electron chi connectivity index (χ3n) is 11.7. The second-order valence-corrected chi connectivity index (χ2v) is 19.1. The Hall–Kier alpha value is -4.60. The molecule has 5 aliphatic rings. The first-order valence-electron chi connectivity index (χ1n) is 19.7. The molecule has 57 heavy (non-hydrogen) atoms. The van der Waals surface area contributed by atoms with E-state index in [0.717, 1.165) is 0 Å². The minimum Gasteiger partial charge on any atom is -0.460 e. The van der Waals surface area contributed by atoms with Gasteiger partial charge in [-0.1, -0.05) is 30.9 Å². The highest BCUT2D eigenvalue weighted by molar-refractivity contribution is 7.90. The number of hydrogen-bond donors (Lipinski definition) is 1. The summed E-state index contributed by atoms with van der Waals surface area (Å²) >= 11 is 0. The standard InChI is InChI=1S/C41H53FN4O10S/c1-6-35(48)44(5)28-13-9-7-8-12-27-20-41(27,38(51)43-57(53,54)30-15-16-30)21-34(47)33-19-29(55-39(52)45-22-25-11-10-14-32(42)31(25)24-45)23-46(33)37(50)26(17-28)18-36(49)56-40(2,3)4/h6,8,10-12,14,26-30,33H,1,7,9,13,15-24H2,2-5H3,(H,43,51)/b12-8-/t26-,27-,28?,29?,33+,41-/m1/s1. The zero-order chi connectivity index (χ0) is 41.4. The van der Waals surface area contributed by atoms with Gasteiger partial charge in [0.15, 0.2) is 5.78 Å². The van der Waals surface area contributed by atoms with Crippen molar-refractivity contribution in [3.05, 3.63) is 60.0 Å². The molecule has 3 heterocycles. The normalized spacial score (nSPS) is 28.5. The number of nitrogens with one attached hydrogen (secondary N) is 1. The predicted molar refractivity (Wildman–Crippen MR) is 205 cm³/mol. The Bertz CT molecular complexity index is 1960. The Labute approximate surface area is 333 Å². The van der Waals surface area contributed by atoms with Crippen LogP contribution in [0.15, 0.2) is 43.0 Å². The molecule has 1 saturated heterocycles. The predicted octanol–water partition coefficient (Wildman–Crippen LogP) is 4.31. The van der Waals surface area contributed by atoms with E-state index >= 15 is 0 Å². The molecular weight excluding hydrogens is 760 g/mol. The molecule has 6 atom stereocenters. The fourth-order valence-electron chi connectivity index (χ4n) is 8.35. The van der Waals surface area contributed by atoms with Gasteiger partial charge in [-0.2, -0.15) is 0 Å². The van der Waals surface area contributed by atoms with E-state index < -0.39 is 91.8 Å². The van der Waals surface area contributed by atoms with Gasteiger partial charge in [0.05, 0.1) is 42.1 Å².